The summed E-state index contributed by atoms with van der Waals surface area (Å²) in [6, 6.07) is 18.5. The molecule has 0 saturated heterocycles. The zero-order valence-corrected chi connectivity index (χ0v) is 17.8. The largest absolute Gasteiger partial charge is 0.344 e. The van der Waals surface area contributed by atoms with Gasteiger partial charge in [0, 0.05) is 17.5 Å². The number of carbonyl (C=O) groups excluding carboxylic acids is 1. The second-order valence-electron chi connectivity index (χ2n) is 7.93. The summed E-state index contributed by atoms with van der Waals surface area (Å²) < 4.78 is 0. The third kappa shape index (κ3) is 4.18. The van der Waals surface area contributed by atoms with Gasteiger partial charge in [0.15, 0.2) is 0 Å². The second kappa shape index (κ2) is 8.62. The summed E-state index contributed by atoms with van der Waals surface area (Å²) >= 11 is 0. The fourth-order valence-electron chi connectivity index (χ4n) is 3.98. The van der Waals surface area contributed by atoms with E-state index >= 15 is 0 Å². The van der Waals surface area contributed by atoms with Crippen LogP contribution < -0.4 is 5.32 Å². The Morgan fingerprint density at radius 3 is 2.70 bits per heavy atom. The van der Waals surface area contributed by atoms with Crippen molar-refractivity contribution in [2.45, 2.75) is 46.2 Å². The van der Waals surface area contributed by atoms with Crippen molar-refractivity contribution in [2.24, 2.45) is 4.99 Å². The monoisotopic (exact) mass is 397 g/mol. The fourth-order valence-corrected chi connectivity index (χ4v) is 3.98. The Morgan fingerprint density at radius 1 is 1.07 bits per heavy atom. The molecule has 1 aromatic heterocycles. The number of benzene rings is 2. The SMILES string of the molecule is CCC[C@@H](NC(=O)c1cc(-c2ccc3c(c2)C(C)=NC3)ccn1)c1cccc(C)c1. The van der Waals surface area contributed by atoms with Gasteiger partial charge < -0.3 is 5.32 Å². The number of nitrogens with zero attached hydrogens (tertiary/aromatic N) is 2. The maximum Gasteiger partial charge on any atom is 0.270 e. The topological polar surface area (TPSA) is 54.4 Å². The van der Waals surface area contributed by atoms with Crippen molar-refractivity contribution in [1.29, 1.82) is 0 Å². The predicted octanol–water partition coefficient (Wildman–Crippen LogP) is 5.65. The van der Waals surface area contributed by atoms with Gasteiger partial charge in [0.1, 0.15) is 5.69 Å². The van der Waals surface area contributed by atoms with Crippen LogP contribution in [0.4, 0.5) is 0 Å². The predicted molar refractivity (Wildman–Crippen MR) is 122 cm³/mol. The van der Waals surface area contributed by atoms with Crippen molar-refractivity contribution in [3.63, 3.8) is 0 Å². The molecule has 1 N–H and O–H groups in total. The summed E-state index contributed by atoms with van der Waals surface area (Å²) in [6.45, 7) is 7.00. The molecule has 0 aliphatic carbocycles. The summed E-state index contributed by atoms with van der Waals surface area (Å²) in [5.74, 6) is -0.143. The van der Waals surface area contributed by atoms with E-state index in [-0.39, 0.29) is 11.9 Å². The molecule has 152 valence electrons. The first kappa shape index (κ1) is 20.0. The molecule has 0 unspecified atom stereocenters. The Morgan fingerprint density at radius 2 is 1.90 bits per heavy atom. The van der Waals surface area contributed by atoms with Crippen LogP contribution in [0.15, 0.2) is 65.8 Å². The summed E-state index contributed by atoms with van der Waals surface area (Å²) in [5, 5.41) is 3.18. The number of aliphatic imine (C=N–C) groups is 1. The molecule has 0 radical (unpaired) electrons. The lowest BCUT2D eigenvalue weighted by atomic mass is 9.98. The summed E-state index contributed by atoms with van der Waals surface area (Å²) in [6.07, 6.45) is 3.58. The molecule has 2 aromatic carbocycles. The normalized spacial score (nSPS) is 13.5. The summed E-state index contributed by atoms with van der Waals surface area (Å²) in [4.78, 5) is 21.9. The highest BCUT2D eigenvalue weighted by Gasteiger charge is 2.18. The number of pyridine rings is 1. The van der Waals surface area contributed by atoms with Crippen molar-refractivity contribution < 1.29 is 4.79 Å². The average Bonchev–Trinajstić information content (AvgIpc) is 3.13. The first-order valence-corrected chi connectivity index (χ1v) is 10.5. The molecule has 0 saturated carbocycles. The summed E-state index contributed by atoms with van der Waals surface area (Å²) in [7, 11) is 0. The third-order valence-electron chi connectivity index (χ3n) is 5.64. The molecule has 1 amide bonds. The van der Waals surface area contributed by atoms with Gasteiger partial charge in [-0.05, 0) is 60.7 Å². The molecule has 1 aliphatic heterocycles. The third-order valence-corrected chi connectivity index (χ3v) is 5.64. The lowest BCUT2D eigenvalue weighted by molar-refractivity contribution is 0.0929. The van der Waals surface area contributed by atoms with Crippen LogP contribution in [-0.2, 0) is 6.54 Å². The lowest BCUT2D eigenvalue weighted by Gasteiger charge is -2.19. The van der Waals surface area contributed by atoms with Crippen LogP contribution in [0.25, 0.3) is 11.1 Å². The Labute approximate surface area is 178 Å². The number of hydrogen-bond acceptors (Lipinski definition) is 3. The van der Waals surface area contributed by atoms with E-state index in [1.54, 1.807) is 6.20 Å². The van der Waals surface area contributed by atoms with Crippen LogP contribution in [0.1, 0.15) is 65.5 Å². The highest BCUT2D eigenvalue weighted by molar-refractivity contribution is 6.03. The number of carbonyl (C=O) groups is 1. The van der Waals surface area contributed by atoms with Gasteiger partial charge in [-0.3, -0.25) is 14.8 Å². The van der Waals surface area contributed by atoms with Gasteiger partial charge in [-0.1, -0.05) is 55.3 Å². The molecular formula is C26H27N3O. The first-order chi connectivity index (χ1) is 14.5. The minimum Gasteiger partial charge on any atom is -0.344 e. The van der Waals surface area contributed by atoms with E-state index in [1.807, 2.05) is 25.1 Å². The molecule has 4 heteroatoms. The van der Waals surface area contributed by atoms with Crippen molar-refractivity contribution in [1.82, 2.24) is 10.3 Å². The van der Waals surface area contributed by atoms with Crippen LogP contribution in [0.3, 0.4) is 0 Å². The molecule has 4 nitrogen and oxygen atoms in total. The molecule has 0 spiro atoms. The van der Waals surface area contributed by atoms with Crippen LogP contribution in [-0.4, -0.2) is 16.6 Å². The van der Waals surface area contributed by atoms with Crippen molar-refractivity contribution in [2.75, 3.05) is 0 Å². The van der Waals surface area contributed by atoms with Gasteiger partial charge in [0.05, 0.1) is 12.6 Å². The molecule has 0 fully saturated rings. The average molecular weight is 398 g/mol. The first-order valence-electron chi connectivity index (χ1n) is 10.5. The second-order valence-corrected chi connectivity index (χ2v) is 7.93. The zero-order valence-electron chi connectivity index (χ0n) is 17.8. The molecule has 0 bridgehead atoms. The van der Waals surface area contributed by atoms with Crippen LogP contribution in [0.5, 0.6) is 0 Å². The Bertz CT molecular complexity index is 1120. The molecule has 1 aliphatic rings. The van der Waals surface area contributed by atoms with Crippen LogP contribution >= 0.6 is 0 Å². The number of aryl methyl sites for hydroxylation is 1. The number of hydrogen-bond donors (Lipinski definition) is 1. The molecule has 3 aromatic rings. The number of rotatable bonds is 6. The molecule has 1 atom stereocenters. The Kier molecular flexibility index (Phi) is 5.75. The maximum absolute atomic E-state index is 13.0. The van der Waals surface area contributed by atoms with Crippen molar-refractivity contribution in [3.05, 3.63) is 88.7 Å². The highest BCUT2D eigenvalue weighted by atomic mass is 16.1. The fraction of sp³-hybridized carbons (Fsp3) is 0.269. The van der Waals surface area contributed by atoms with E-state index < -0.39 is 0 Å². The van der Waals surface area contributed by atoms with Crippen LogP contribution in [0, 0.1) is 6.92 Å². The number of aromatic nitrogens is 1. The molecule has 30 heavy (non-hydrogen) atoms. The van der Waals surface area contributed by atoms with E-state index in [4.69, 9.17) is 0 Å². The Balaban J connectivity index is 1.58. The highest BCUT2D eigenvalue weighted by Crippen LogP contribution is 2.27. The van der Waals surface area contributed by atoms with Crippen molar-refractivity contribution >= 4 is 11.6 Å². The molecule has 4 rings (SSSR count). The van der Waals surface area contributed by atoms with Gasteiger partial charge in [0.25, 0.3) is 5.91 Å². The smallest absolute Gasteiger partial charge is 0.270 e. The standard InChI is InChI=1S/C26H27N3O/c1-4-6-24(21-8-5-7-17(2)13-21)29-26(30)25-15-20(11-12-27-25)19-9-10-22-16-28-18(3)23(22)14-19/h5,7-15,24H,4,6,16H2,1-3H3,(H,29,30)/t24-/m1/s1. The van der Waals surface area contributed by atoms with E-state index in [0.29, 0.717) is 5.69 Å². The number of amides is 1. The number of nitrogens with one attached hydrogen (secondary N) is 1. The van der Waals surface area contributed by atoms with E-state index in [0.717, 1.165) is 41.8 Å². The quantitative estimate of drug-likeness (QED) is 0.584. The van der Waals surface area contributed by atoms with E-state index in [2.05, 4.69) is 65.5 Å². The molecule has 2 heterocycles. The van der Waals surface area contributed by atoms with Gasteiger partial charge >= 0.3 is 0 Å². The zero-order chi connectivity index (χ0) is 21.1. The maximum atomic E-state index is 13.0. The minimum atomic E-state index is -0.143. The Hall–Kier alpha value is -3.27. The molecular weight excluding hydrogens is 370 g/mol. The number of fused-ring (bicyclic) bond motifs is 1. The van der Waals surface area contributed by atoms with Gasteiger partial charge in [-0.15, -0.1) is 0 Å². The van der Waals surface area contributed by atoms with E-state index in [1.165, 1.54) is 16.7 Å². The lowest BCUT2D eigenvalue weighted by Crippen LogP contribution is -2.29. The summed E-state index contributed by atoms with van der Waals surface area (Å²) in [5.41, 5.74) is 8.34. The minimum absolute atomic E-state index is 0.0216. The van der Waals surface area contributed by atoms with Crippen LogP contribution in [0.2, 0.25) is 0 Å². The van der Waals surface area contributed by atoms with Crippen molar-refractivity contribution in [3.8, 4) is 11.1 Å². The van der Waals surface area contributed by atoms with Gasteiger partial charge in [-0.2, -0.15) is 0 Å². The van der Waals surface area contributed by atoms with Gasteiger partial charge in [0.2, 0.25) is 0 Å². The van der Waals surface area contributed by atoms with Gasteiger partial charge in [-0.25, -0.2) is 0 Å². The van der Waals surface area contributed by atoms with E-state index in [9.17, 15) is 4.79 Å².